The van der Waals surface area contributed by atoms with Crippen LogP contribution in [0, 0.1) is 0 Å². The fourth-order valence-electron chi connectivity index (χ4n) is 2.22. The van der Waals surface area contributed by atoms with Gasteiger partial charge < -0.3 is 9.84 Å². The molecule has 2 heteroatoms. The lowest BCUT2D eigenvalue weighted by atomic mass is 9.77. The lowest BCUT2D eigenvalue weighted by molar-refractivity contribution is 0.0670. The molecule has 19 heavy (non-hydrogen) atoms. The van der Waals surface area contributed by atoms with Crippen LogP contribution in [0.1, 0.15) is 45.6 Å². The summed E-state index contributed by atoms with van der Waals surface area (Å²) < 4.78 is 5.18. The van der Waals surface area contributed by atoms with E-state index in [1.807, 2.05) is 32.1 Å². The molecule has 106 valence electrons. The Hall–Kier alpha value is -1.28. The molecule has 0 heterocycles. The number of benzene rings is 1. The SMILES string of the molecule is C=C[C@@](C)(CCCC(C)(C)O)c1ccc(OC)cc1. The van der Waals surface area contributed by atoms with Crippen molar-refractivity contribution < 1.29 is 9.84 Å². The van der Waals surface area contributed by atoms with Crippen molar-refractivity contribution >= 4 is 0 Å². The maximum Gasteiger partial charge on any atom is 0.118 e. The third kappa shape index (κ3) is 4.71. The Labute approximate surface area is 117 Å². The van der Waals surface area contributed by atoms with E-state index in [4.69, 9.17) is 4.74 Å². The molecule has 0 aliphatic carbocycles. The molecule has 0 saturated carbocycles. The Morgan fingerprint density at radius 3 is 2.16 bits per heavy atom. The number of aliphatic hydroxyl groups is 1. The topological polar surface area (TPSA) is 29.5 Å². The summed E-state index contributed by atoms with van der Waals surface area (Å²) in [6.07, 6.45) is 4.75. The zero-order chi connectivity index (χ0) is 14.5. The second-order valence-corrected chi connectivity index (χ2v) is 6.02. The Morgan fingerprint density at radius 1 is 1.16 bits per heavy atom. The molecule has 0 unspecified atom stereocenters. The fraction of sp³-hybridized carbons (Fsp3) is 0.529. The van der Waals surface area contributed by atoms with Crippen LogP contribution in [0.4, 0.5) is 0 Å². The van der Waals surface area contributed by atoms with E-state index in [1.165, 1.54) is 5.56 Å². The van der Waals surface area contributed by atoms with E-state index in [-0.39, 0.29) is 5.41 Å². The maximum atomic E-state index is 9.78. The van der Waals surface area contributed by atoms with Crippen LogP contribution in [-0.4, -0.2) is 17.8 Å². The number of allylic oxidation sites excluding steroid dienone is 1. The van der Waals surface area contributed by atoms with Crippen LogP contribution >= 0.6 is 0 Å². The minimum atomic E-state index is -0.595. The third-order valence-electron chi connectivity index (χ3n) is 3.68. The quantitative estimate of drug-likeness (QED) is 0.750. The van der Waals surface area contributed by atoms with E-state index < -0.39 is 5.60 Å². The van der Waals surface area contributed by atoms with Gasteiger partial charge >= 0.3 is 0 Å². The zero-order valence-corrected chi connectivity index (χ0v) is 12.6. The Morgan fingerprint density at radius 2 is 1.74 bits per heavy atom. The second kappa shape index (κ2) is 6.25. The Balaban J connectivity index is 2.75. The van der Waals surface area contributed by atoms with Crippen molar-refractivity contribution in [3.63, 3.8) is 0 Å². The standard InChI is InChI=1S/C17H26O2/c1-6-17(4,13-7-12-16(2,3)18)14-8-10-15(19-5)11-9-14/h6,8-11,18H,1,7,12-13H2,2-5H3/t17-/m0/s1. The van der Waals surface area contributed by atoms with Gasteiger partial charge in [-0.15, -0.1) is 6.58 Å². The first-order valence-corrected chi connectivity index (χ1v) is 6.81. The highest BCUT2D eigenvalue weighted by atomic mass is 16.5. The van der Waals surface area contributed by atoms with Crippen molar-refractivity contribution in [3.8, 4) is 5.75 Å². The van der Waals surface area contributed by atoms with Gasteiger partial charge in [-0.05, 0) is 50.8 Å². The van der Waals surface area contributed by atoms with Crippen LogP contribution in [0.3, 0.4) is 0 Å². The van der Waals surface area contributed by atoms with Crippen molar-refractivity contribution in [2.24, 2.45) is 0 Å². The van der Waals surface area contributed by atoms with Crippen LogP contribution in [0.25, 0.3) is 0 Å². The highest BCUT2D eigenvalue weighted by molar-refractivity contribution is 5.34. The summed E-state index contributed by atoms with van der Waals surface area (Å²) in [7, 11) is 1.67. The molecule has 0 aromatic heterocycles. The molecule has 1 aromatic rings. The Kier molecular flexibility index (Phi) is 5.19. The second-order valence-electron chi connectivity index (χ2n) is 6.02. The number of hydrogen-bond acceptors (Lipinski definition) is 2. The van der Waals surface area contributed by atoms with Gasteiger partial charge in [0.15, 0.2) is 0 Å². The summed E-state index contributed by atoms with van der Waals surface area (Å²) in [4.78, 5) is 0. The lowest BCUT2D eigenvalue weighted by Gasteiger charge is -2.28. The molecule has 0 saturated heterocycles. The summed E-state index contributed by atoms with van der Waals surface area (Å²) >= 11 is 0. The predicted molar refractivity (Wildman–Crippen MR) is 80.7 cm³/mol. The molecular weight excluding hydrogens is 236 g/mol. The highest BCUT2D eigenvalue weighted by Gasteiger charge is 2.24. The fourth-order valence-corrected chi connectivity index (χ4v) is 2.22. The molecule has 1 rings (SSSR count). The molecule has 0 aliphatic heterocycles. The smallest absolute Gasteiger partial charge is 0.118 e. The normalized spacial score (nSPS) is 14.8. The summed E-state index contributed by atoms with van der Waals surface area (Å²) in [5, 5.41) is 9.78. The summed E-state index contributed by atoms with van der Waals surface area (Å²) in [6, 6.07) is 8.13. The maximum absolute atomic E-state index is 9.78. The molecular formula is C17H26O2. The molecule has 0 radical (unpaired) electrons. The van der Waals surface area contributed by atoms with Gasteiger partial charge in [-0.25, -0.2) is 0 Å². The first-order valence-electron chi connectivity index (χ1n) is 6.81. The third-order valence-corrected chi connectivity index (χ3v) is 3.68. The van der Waals surface area contributed by atoms with Crippen LogP contribution in [0.5, 0.6) is 5.75 Å². The molecule has 1 N–H and O–H groups in total. The van der Waals surface area contributed by atoms with Crippen molar-refractivity contribution in [2.45, 2.75) is 51.0 Å². The summed E-state index contributed by atoms with van der Waals surface area (Å²) in [5.41, 5.74) is 0.582. The van der Waals surface area contributed by atoms with Crippen LogP contribution in [-0.2, 0) is 5.41 Å². The van der Waals surface area contributed by atoms with Gasteiger partial charge in [0.05, 0.1) is 12.7 Å². The van der Waals surface area contributed by atoms with Crippen molar-refractivity contribution in [1.29, 1.82) is 0 Å². The van der Waals surface area contributed by atoms with Gasteiger partial charge in [0, 0.05) is 5.41 Å². The van der Waals surface area contributed by atoms with E-state index >= 15 is 0 Å². The molecule has 2 nitrogen and oxygen atoms in total. The molecule has 0 aliphatic rings. The zero-order valence-electron chi connectivity index (χ0n) is 12.6. The monoisotopic (exact) mass is 262 g/mol. The van der Waals surface area contributed by atoms with E-state index in [0.717, 1.165) is 25.0 Å². The Bertz CT molecular complexity index is 400. The summed E-state index contributed by atoms with van der Waals surface area (Å²) in [6.45, 7) is 9.87. The van der Waals surface area contributed by atoms with E-state index in [0.29, 0.717) is 0 Å². The van der Waals surface area contributed by atoms with Gasteiger partial charge in [-0.2, -0.15) is 0 Å². The van der Waals surface area contributed by atoms with Gasteiger partial charge in [0.2, 0.25) is 0 Å². The molecule has 0 spiro atoms. The average Bonchev–Trinajstić information content (AvgIpc) is 2.37. The van der Waals surface area contributed by atoms with Gasteiger partial charge in [0.25, 0.3) is 0 Å². The number of methoxy groups -OCH3 is 1. The molecule has 1 atom stereocenters. The minimum Gasteiger partial charge on any atom is -0.497 e. The van der Waals surface area contributed by atoms with E-state index in [2.05, 4.69) is 25.6 Å². The number of ether oxygens (including phenoxy) is 1. The first-order chi connectivity index (χ1) is 8.80. The van der Waals surface area contributed by atoms with Crippen LogP contribution in [0.2, 0.25) is 0 Å². The van der Waals surface area contributed by atoms with Crippen LogP contribution < -0.4 is 4.74 Å². The lowest BCUT2D eigenvalue weighted by Crippen LogP contribution is -2.22. The van der Waals surface area contributed by atoms with Gasteiger partial charge in [0.1, 0.15) is 5.75 Å². The number of rotatable bonds is 7. The minimum absolute atomic E-state index is 0.0580. The molecule has 0 bridgehead atoms. The van der Waals surface area contributed by atoms with Gasteiger partial charge in [-0.1, -0.05) is 25.1 Å². The largest absolute Gasteiger partial charge is 0.497 e. The van der Waals surface area contributed by atoms with E-state index in [1.54, 1.807) is 7.11 Å². The molecule has 0 amide bonds. The first kappa shape index (κ1) is 15.8. The van der Waals surface area contributed by atoms with Gasteiger partial charge in [-0.3, -0.25) is 0 Å². The molecule has 0 fully saturated rings. The predicted octanol–water partition coefficient (Wildman–Crippen LogP) is 4.08. The molecule has 1 aromatic carbocycles. The van der Waals surface area contributed by atoms with E-state index in [9.17, 15) is 5.11 Å². The van der Waals surface area contributed by atoms with Crippen molar-refractivity contribution in [3.05, 3.63) is 42.5 Å². The van der Waals surface area contributed by atoms with Crippen molar-refractivity contribution in [2.75, 3.05) is 7.11 Å². The van der Waals surface area contributed by atoms with Crippen molar-refractivity contribution in [1.82, 2.24) is 0 Å². The summed E-state index contributed by atoms with van der Waals surface area (Å²) in [5.74, 6) is 0.867. The number of hydrogen-bond donors (Lipinski definition) is 1. The van der Waals surface area contributed by atoms with Crippen LogP contribution in [0.15, 0.2) is 36.9 Å². The highest BCUT2D eigenvalue weighted by Crippen LogP contribution is 2.32. The average molecular weight is 262 g/mol.